The van der Waals surface area contributed by atoms with E-state index in [1.165, 1.54) is 12.5 Å². The quantitative estimate of drug-likeness (QED) is 0.0981. The Labute approximate surface area is 259 Å². The van der Waals surface area contributed by atoms with E-state index in [-0.39, 0.29) is 19.3 Å². The number of carbonyl (C=O) groups is 4. The van der Waals surface area contributed by atoms with Crippen LogP contribution in [-0.2, 0) is 38.4 Å². The Balaban J connectivity index is 1.56. The number of H-pyrrole nitrogens is 2. The molecule has 2 aromatic heterocycles. The summed E-state index contributed by atoms with van der Waals surface area (Å²) in [5.74, 6) is -2.33. The number of fused-ring (bicyclic) bond motifs is 1. The average molecular weight is 620 g/mol. The van der Waals surface area contributed by atoms with Crippen molar-refractivity contribution in [3.05, 3.63) is 90.1 Å². The number of hydrogen-bond acceptors (Lipinski definition) is 7. The third-order valence-electron chi connectivity index (χ3n) is 7.21. The lowest BCUT2D eigenvalue weighted by atomic mass is 10.0. The van der Waals surface area contributed by atoms with Crippen LogP contribution in [0, 0.1) is 0 Å². The van der Waals surface area contributed by atoms with Crippen LogP contribution < -0.4 is 21.7 Å². The molecule has 0 aliphatic carbocycles. The zero-order valence-electron chi connectivity index (χ0n) is 24.3. The predicted molar refractivity (Wildman–Crippen MR) is 169 cm³/mol. The molecule has 0 saturated carbocycles. The smallest absolute Gasteiger partial charge is 0.326 e. The molecule has 0 fully saturated rings. The highest BCUT2D eigenvalue weighted by Crippen LogP contribution is 2.19. The van der Waals surface area contributed by atoms with Crippen molar-refractivity contribution in [2.75, 3.05) is 12.0 Å². The van der Waals surface area contributed by atoms with Gasteiger partial charge in [0.25, 0.3) is 0 Å². The molecule has 12 nitrogen and oxygen atoms in total. The molecule has 2 heterocycles. The summed E-state index contributed by atoms with van der Waals surface area (Å²) in [5.41, 5.74) is 9.06. The van der Waals surface area contributed by atoms with E-state index in [9.17, 15) is 24.3 Å². The molecule has 0 aliphatic heterocycles. The predicted octanol–water partition coefficient (Wildman–Crippen LogP) is 1.54. The summed E-state index contributed by atoms with van der Waals surface area (Å²) in [6.07, 6.45) is 7.27. The molecule has 0 bridgehead atoms. The highest BCUT2D eigenvalue weighted by Gasteiger charge is 2.31. The lowest BCUT2D eigenvalue weighted by Gasteiger charge is -2.25. The molecule has 4 aromatic rings. The van der Waals surface area contributed by atoms with Gasteiger partial charge in [-0.1, -0.05) is 48.5 Å². The van der Waals surface area contributed by atoms with Crippen molar-refractivity contribution in [3.63, 3.8) is 0 Å². The molecule has 0 radical (unpaired) electrons. The molecule has 13 heteroatoms. The normalized spacial score (nSPS) is 13.9. The second-order valence-electron chi connectivity index (χ2n) is 10.4. The molecule has 4 rings (SSSR count). The van der Waals surface area contributed by atoms with Crippen molar-refractivity contribution in [3.8, 4) is 0 Å². The third kappa shape index (κ3) is 8.94. The van der Waals surface area contributed by atoms with Crippen LogP contribution >= 0.6 is 11.8 Å². The molecule has 3 amide bonds. The highest BCUT2D eigenvalue weighted by atomic mass is 32.2. The maximum Gasteiger partial charge on any atom is 0.326 e. The first-order chi connectivity index (χ1) is 21.2. The number of carbonyl (C=O) groups excluding carboxylic acids is 3. The Morgan fingerprint density at radius 2 is 1.52 bits per heavy atom. The number of thioether (sulfide) groups is 1. The zero-order valence-corrected chi connectivity index (χ0v) is 25.1. The number of rotatable bonds is 16. The minimum atomic E-state index is -1.23. The number of imidazole rings is 1. The molecule has 0 aliphatic rings. The third-order valence-corrected chi connectivity index (χ3v) is 7.85. The number of para-hydroxylation sites is 1. The van der Waals surface area contributed by atoms with Gasteiger partial charge < -0.3 is 36.8 Å². The van der Waals surface area contributed by atoms with Crippen LogP contribution in [0.4, 0.5) is 0 Å². The van der Waals surface area contributed by atoms with Gasteiger partial charge >= 0.3 is 5.97 Å². The van der Waals surface area contributed by atoms with Crippen molar-refractivity contribution in [1.82, 2.24) is 30.9 Å². The number of carboxylic acids is 1. The van der Waals surface area contributed by atoms with Crippen LogP contribution in [0.5, 0.6) is 0 Å². The maximum atomic E-state index is 13.8. The lowest BCUT2D eigenvalue weighted by molar-refractivity contribution is -0.142. The second kappa shape index (κ2) is 15.7. The number of carboxylic acid groups (broad SMARTS) is 1. The largest absolute Gasteiger partial charge is 0.480 e. The van der Waals surface area contributed by atoms with Gasteiger partial charge in [0.1, 0.15) is 18.1 Å². The Kier molecular flexibility index (Phi) is 11.5. The van der Waals surface area contributed by atoms with Gasteiger partial charge in [0.15, 0.2) is 0 Å². The summed E-state index contributed by atoms with van der Waals surface area (Å²) < 4.78 is 0. The minimum absolute atomic E-state index is 0.0102. The fourth-order valence-electron chi connectivity index (χ4n) is 4.80. The van der Waals surface area contributed by atoms with Crippen LogP contribution in [0.3, 0.4) is 0 Å². The summed E-state index contributed by atoms with van der Waals surface area (Å²) in [7, 11) is 0. The molecular formula is C31H37N7O5S. The van der Waals surface area contributed by atoms with Crippen LogP contribution in [0.1, 0.15) is 23.2 Å². The molecule has 4 unspecified atom stereocenters. The summed E-state index contributed by atoms with van der Waals surface area (Å²) in [6, 6.07) is 12.2. The van der Waals surface area contributed by atoms with Gasteiger partial charge in [-0.3, -0.25) is 14.4 Å². The van der Waals surface area contributed by atoms with Crippen LogP contribution in [0.15, 0.2) is 73.3 Å². The molecule has 2 aromatic carbocycles. The van der Waals surface area contributed by atoms with Crippen molar-refractivity contribution in [1.29, 1.82) is 0 Å². The van der Waals surface area contributed by atoms with Crippen molar-refractivity contribution in [2.24, 2.45) is 5.73 Å². The minimum Gasteiger partial charge on any atom is -0.480 e. The van der Waals surface area contributed by atoms with E-state index in [0.29, 0.717) is 17.9 Å². The SMILES string of the molecule is CSCCC(N)C(=O)NC(Cc1c[nH]c2ccccc12)C(=O)NC(Cc1cnc[nH]1)C(=O)NC(Cc1ccccc1)C(=O)O. The molecular weight excluding hydrogens is 582 g/mol. The Morgan fingerprint density at radius 3 is 2.20 bits per heavy atom. The Morgan fingerprint density at radius 1 is 0.864 bits per heavy atom. The van der Waals surface area contributed by atoms with Crippen LogP contribution in [0.2, 0.25) is 0 Å². The van der Waals surface area contributed by atoms with E-state index < -0.39 is 47.9 Å². The monoisotopic (exact) mass is 619 g/mol. The van der Waals surface area contributed by atoms with E-state index in [4.69, 9.17) is 5.73 Å². The maximum absolute atomic E-state index is 13.8. The molecule has 232 valence electrons. The molecule has 44 heavy (non-hydrogen) atoms. The number of nitrogens with zero attached hydrogens (tertiary/aromatic N) is 1. The van der Waals surface area contributed by atoms with Gasteiger partial charge in [-0.25, -0.2) is 9.78 Å². The van der Waals surface area contributed by atoms with E-state index in [0.717, 1.165) is 22.0 Å². The molecule has 0 spiro atoms. The Bertz CT molecular complexity index is 1540. The van der Waals surface area contributed by atoms with E-state index in [2.05, 4.69) is 30.9 Å². The van der Waals surface area contributed by atoms with E-state index in [1.54, 1.807) is 42.2 Å². The Hall–Kier alpha value is -4.62. The fraction of sp³-hybridized carbons (Fsp3) is 0.323. The number of amides is 3. The van der Waals surface area contributed by atoms with Gasteiger partial charge in [-0.2, -0.15) is 11.8 Å². The number of aliphatic carboxylic acids is 1. The molecule has 0 saturated heterocycles. The lowest BCUT2D eigenvalue weighted by Crippen LogP contribution is -2.58. The van der Waals surface area contributed by atoms with Gasteiger partial charge in [-0.05, 0) is 35.6 Å². The van der Waals surface area contributed by atoms with Crippen LogP contribution in [-0.4, -0.2) is 79.9 Å². The number of nitrogens with two attached hydrogens (primary N) is 1. The van der Waals surface area contributed by atoms with Crippen molar-refractivity contribution >= 4 is 46.4 Å². The zero-order chi connectivity index (χ0) is 31.5. The highest BCUT2D eigenvalue weighted by molar-refractivity contribution is 7.98. The van der Waals surface area contributed by atoms with Crippen molar-refractivity contribution < 1.29 is 24.3 Å². The first kappa shape index (κ1) is 32.3. The van der Waals surface area contributed by atoms with Gasteiger partial charge in [0.05, 0.1) is 12.4 Å². The van der Waals surface area contributed by atoms with Crippen molar-refractivity contribution in [2.45, 2.75) is 49.9 Å². The van der Waals surface area contributed by atoms with Gasteiger partial charge in [0.2, 0.25) is 17.7 Å². The standard InChI is InChI=1S/C31H37N7O5S/c1-44-12-11-23(32)28(39)36-25(14-20-16-34-24-10-6-5-9-22(20)24)29(40)37-26(15-21-17-33-18-35-21)30(41)38-27(31(42)43)13-19-7-3-2-4-8-19/h2-10,16-18,23,25-27,34H,11-15,32H2,1H3,(H,33,35)(H,36,39)(H,37,40)(H,38,41)(H,42,43). The second-order valence-corrected chi connectivity index (χ2v) is 11.4. The number of aromatic nitrogens is 3. The van der Waals surface area contributed by atoms with Gasteiger partial charge in [-0.15, -0.1) is 0 Å². The average Bonchev–Trinajstić information content (AvgIpc) is 3.69. The summed E-state index contributed by atoms with van der Waals surface area (Å²) in [5, 5.41) is 18.8. The van der Waals surface area contributed by atoms with E-state index >= 15 is 0 Å². The molecule has 4 atom stereocenters. The fourth-order valence-corrected chi connectivity index (χ4v) is 5.29. The van der Waals surface area contributed by atoms with Crippen LogP contribution in [0.25, 0.3) is 10.9 Å². The molecule has 8 N–H and O–H groups in total. The summed E-state index contributed by atoms with van der Waals surface area (Å²) in [4.78, 5) is 62.5. The number of benzene rings is 2. The first-order valence-corrected chi connectivity index (χ1v) is 15.6. The summed E-state index contributed by atoms with van der Waals surface area (Å²) >= 11 is 1.56. The topological polar surface area (TPSA) is 195 Å². The number of nitrogens with one attached hydrogen (secondary N) is 5. The van der Waals surface area contributed by atoms with Gasteiger partial charge in [0, 0.05) is 48.3 Å². The number of aromatic amines is 2. The number of hydrogen-bond donors (Lipinski definition) is 7. The summed E-state index contributed by atoms with van der Waals surface area (Å²) in [6.45, 7) is 0. The van der Waals surface area contributed by atoms with E-state index in [1.807, 2.05) is 36.6 Å². The first-order valence-electron chi connectivity index (χ1n) is 14.2.